The number of nitrogens with two attached hydrogens (primary N) is 1. The fourth-order valence-corrected chi connectivity index (χ4v) is 1.69. The number of hydrogen-bond donors (Lipinski definition) is 3. The summed E-state index contributed by atoms with van der Waals surface area (Å²) in [6.07, 6.45) is 0. The number of aromatic nitrogens is 2. The SMILES string of the molecule is Cc1nc(NN)c(C)c(Nc2cccc(C#N)c2)n1. The molecule has 0 saturated carbocycles. The summed E-state index contributed by atoms with van der Waals surface area (Å²) in [6, 6.07) is 9.28. The fourth-order valence-electron chi connectivity index (χ4n) is 1.69. The third-order valence-corrected chi connectivity index (χ3v) is 2.65. The van der Waals surface area contributed by atoms with Crippen LogP contribution in [0.3, 0.4) is 0 Å². The van der Waals surface area contributed by atoms with Gasteiger partial charge in [0.05, 0.1) is 11.6 Å². The maximum absolute atomic E-state index is 8.88. The number of rotatable bonds is 3. The van der Waals surface area contributed by atoms with E-state index in [0.717, 1.165) is 11.3 Å². The first-order valence-electron chi connectivity index (χ1n) is 5.73. The minimum absolute atomic E-state index is 0.575. The van der Waals surface area contributed by atoms with E-state index in [4.69, 9.17) is 11.1 Å². The molecule has 0 radical (unpaired) electrons. The van der Waals surface area contributed by atoms with Crippen molar-refractivity contribution in [3.05, 3.63) is 41.2 Å². The molecule has 0 spiro atoms. The van der Waals surface area contributed by atoms with E-state index < -0.39 is 0 Å². The molecule has 6 nitrogen and oxygen atoms in total. The number of anilines is 3. The molecule has 96 valence electrons. The molecule has 2 rings (SSSR count). The minimum Gasteiger partial charge on any atom is -0.340 e. The highest BCUT2D eigenvalue weighted by atomic mass is 15.3. The normalized spacial score (nSPS) is 9.79. The zero-order chi connectivity index (χ0) is 13.8. The molecule has 0 aliphatic heterocycles. The van der Waals surface area contributed by atoms with Crippen molar-refractivity contribution < 1.29 is 0 Å². The molecule has 0 unspecified atom stereocenters. The number of hydrazine groups is 1. The molecule has 4 N–H and O–H groups in total. The molecule has 0 atom stereocenters. The molecular formula is C13H14N6. The summed E-state index contributed by atoms with van der Waals surface area (Å²) < 4.78 is 0. The Bertz CT molecular complexity index is 644. The number of nitrogen functional groups attached to an aromatic ring is 1. The van der Waals surface area contributed by atoms with E-state index in [2.05, 4.69) is 26.8 Å². The van der Waals surface area contributed by atoms with E-state index in [9.17, 15) is 0 Å². The third kappa shape index (κ3) is 2.78. The summed E-state index contributed by atoms with van der Waals surface area (Å²) in [6.45, 7) is 3.66. The lowest BCUT2D eigenvalue weighted by atomic mass is 10.2. The lowest BCUT2D eigenvalue weighted by Gasteiger charge is -2.12. The van der Waals surface area contributed by atoms with Crippen LogP contribution >= 0.6 is 0 Å². The minimum atomic E-state index is 0.575. The number of benzene rings is 1. The van der Waals surface area contributed by atoms with Gasteiger partial charge >= 0.3 is 0 Å². The van der Waals surface area contributed by atoms with Crippen LogP contribution < -0.4 is 16.6 Å². The second-order valence-electron chi connectivity index (χ2n) is 4.05. The summed E-state index contributed by atoms with van der Waals surface area (Å²) in [7, 11) is 0. The number of aryl methyl sites for hydroxylation is 1. The van der Waals surface area contributed by atoms with Crippen molar-refractivity contribution in [1.82, 2.24) is 9.97 Å². The van der Waals surface area contributed by atoms with Crippen LogP contribution in [0.4, 0.5) is 17.3 Å². The molecule has 0 bridgehead atoms. The van der Waals surface area contributed by atoms with Crippen molar-refractivity contribution in [2.45, 2.75) is 13.8 Å². The van der Waals surface area contributed by atoms with Gasteiger partial charge < -0.3 is 10.7 Å². The molecular weight excluding hydrogens is 240 g/mol. The number of hydrogen-bond acceptors (Lipinski definition) is 6. The second-order valence-corrected chi connectivity index (χ2v) is 4.05. The molecule has 1 aromatic carbocycles. The number of nitriles is 1. The van der Waals surface area contributed by atoms with Crippen LogP contribution in [0.5, 0.6) is 0 Å². The van der Waals surface area contributed by atoms with Crippen molar-refractivity contribution in [3.63, 3.8) is 0 Å². The van der Waals surface area contributed by atoms with Gasteiger partial charge in [-0.25, -0.2) is 15.8 Å². The van der Waals surface area contributed by atoms with Crippen LogP contribution in [0, 0.1) is 25.2 Å². The number of nitrogens with one attached hydrogen (secondary N) is 2. The average Bonchev–Trinajstić information content (AvgIpc) is 2.42. The molecule has 19 heavy (non-hydrogen) atoms. The van der Waals surface area contributed by atoms with Crippen molar-refractivity contribution in [2.24, 2.45) is 5.84 Å². The van der Waals surface area contributed by atoms with E-state index in [-0.39, 0.29) is 0 Å². The van der Waals surface area contributed by atoms with E-state index in [1.807, 2.05) is 19.1 Å². The van der Waals surface area contributed by atoms with Crippen molar-refractivity contribution >= 4 is 17.3 Å². The highest BCUT2D eigenvalue weighted by Gasteiger charge is 2.08. The topological polar surface area (TPSA) is 99.6 Å². The van der Waals surface area contributed by atoms with Gasteiger partial charge in [0.15, 0.2) is 0 Å². The molecule has 6 heteroatoms. The molecule has 2 aromatic rings. The van der Waals surface area contributed by atoms with Gasteiger partial charge in [0.1, 0.15) is 17.5 Å². The third-order valence-electron chi connectivity index (χ3n) is 2.65. The van der Waals surface area contributed by atoms with Gasteiger partial charge in [-0.05, 0) is 32.0 Å². The molecule has 0 saturated heterocycles. The first-order chi connectivity index (χ1) is 9.13. The van der Waals surface area contributed by atoms with E-state index in [1.54, 1.807) is 19.1 Å². The lowest BCUT2D eigenvalue weighted by molar-refractivity contribution is 1.03. The Morgan fingerprint density at radius 3 is 2.63 bits per heavy atom. The van der Waals surface area contributed by atoms with Gasteiger partial charge in [-0.3, -0.25) is 0 Å². The van der Waals surface area contributed by atoms with Gasteiger partial charge in [0.2, 0.25) is 0 Å². The summed E-state index contributed by atoms with van der Waals surface area (Å²) in [5.41, 5.74) is 4.74. The van der Waals surface area contributed by atoms with Crippen LogP contribution in [-0.4, -0.2) is 9.97 Å². The largest absolute Gasteiger partial charge is 0.340 e. The van der Waals surface area contributed by atoms with Crippen molar-refractivity contribution in [2.75, 3.05) is 10.7 Å². The molecule has 0 aliphatic rings. The zero-order valence-electron chi connectivity index (χ0n) is 10.7. The fraction of sp³-hybridized carbons (Fsp3) is 0.154. The van der Waals surface area contributed by atoms with E-state index in [1.165, 1.54) is 0 Å². The van der Waals surface area contributed by atoms with Crippen molar-refractivity contribution in [3.8, 4) is 6.07 Å². The maximum Gasteiger partial charge on any atom is 0.148 e. The van der Waals surface area contributed by atoms with Gasteiger partial charge in [-0.15, -0.1) is 0 Å². The standard InChI is InChI=1S/C13H14N6/c1-8-12(16-9(2)17-13(8)19-15)18-11-5-3-4-10(6-11)7-14/h3-6H,15H2,1-2H3,(H2,16,17,18,19). The predicted octanol–water partition coefficient (Wildman–Crippen LogP) is 1.99. The van der Waals surface area contributed by atoms with Gasteiger partial charge in [0, 0.05) is 11.3 Å². The van der Waals surface area contributed by atoms with Gasteiger partial charge in [0.25, 0.3) is 0 Å². The smallest absolute Gasteiger partial charge is 0.148 e. The quantitative estimate of drug-likeness (QED) is 0.572. The lowest BCUT2D eigenvalue weighted by Crippen LogP contribution is -2.13. The van der Waals surface area contributed by atoms with Crippen molar-refractivity contribution in [1.29, 1.82) is 5.26 Å². The predicted molar refractivity (Wildman–Crippen MR) is 73.8 cm³/mol. The van der Waals surface area contributed by atoms with Crippen LogP contribution in [0.15, 0.2) is 24.3 Å². The van der Waals surface area contributed by atoms with Crippen LogP contribution in [0.2, 0.25) is 0 Å². The van der Waals surface area contributed by atoms with Crippen LogP contribution in [0.25, 0.3) is 0 Å². The van der Waals surface area contributed by atoms with Gasteiger partial charge in [-0.2, -0.15) is 5.26 Å². The Hall–Kier alpha value is -2.65. The Kier molecular flexibility index (Phi) is 3.59. The monoisotopic (exact) mass is 254 g/mol. The maximum atomic E-state index is 8.88. The molecule has 0 aliphatic carbocycles. The zero-order valence-corrected chi connectivity index (χ0v) is 10.7. The summed E-state index contributed by atoms with van der Waals surface area (Å²) in [4.78, 5) is 8.52. The van der Waals surface area contributed by atoms with E-state index >= 15 is 0 Å². The van der Waals surface area contributed by atoms with Gasteiger partial charge in [-0.1, -0.05) is 6.07 Å². The van der Waals surface area contributed by atoms with Crippen LogP contribution in [0.1, 0.15) is 17.0 Å². The Morgan fingerprint density at radius 1 is 1.21 bits per heavy atom. The summed E-state index contributed by atoms with van der Waals surface area (Å²) in [5, 5.41) is 12.0. The van der Waals surface area contributed by atoms with E-state index in [0.29, 0.717) is 23.0 Å². The average molecular weight is 254 g/mol. The summed E-state index contributed by atoms with van der Waals surface area (Å²) >= 11 is 0. The molecule has 0 amide bonds. The molecule has 1 aromatic heterocycles. The molecule has 1 heterocycles. The Morgan fingerprint density at radius 2 is 1.95 bits per heavy atom. The second kappa shape index (κ2) is 5.33. The number of nitrogens with zero attached hydrogens (tertiary/aromatic N) is 3. The van der Waals surface area contributed by atoms with Crippen LogP contribution in [-0.2, 0) is 0 Å². The highest BCUT2D eigenvalue weighted by molar-refractivity contribution is 5.65. The first-order valence-corrected chi connectivity index (χ1v) is 5.73. The Balaban J connectivity index is 2.38. The summed E-state index contributed by atoms with van der Waals surface area (Å²) in [5.74, 6) is 7.26. The molecule has 0 fully saturated rings. The highest BCUT2D eigenvalue weighted by Crippen LogP contribution is 2.23. The first kappa shape index (κ1) is 12.8. The Labute approximate surface area is 111 Å².